The van der Waals surface area contributed by atoms with Gasteiger partial charge in [0, 0.05) is 10.6 Å². The number of hydrogen-bond donors (Lipinski definition) is 2. The molecule has 222 valence electrons. The van der Waals surface area contributed by atoms with Crippen LogP contribution in [-0.2, 0) is 13.1 Å². The molecule has 43 heavy (non-hydrogen) atoms. The highest BCUT2D eigenvalue weighted by Gasteiger charge is 2.39. The predicted molar refractivity (Wildman–Crippen MR) is 149 cm³/mol. The summed E-state index contributed by atoms with van der Waals surface area (Å²) in [6.45, 7) is 0.321. The fourth-order valence-electron chi connectivity index (χ4n) is 4.21. The second-order valence-corrected chi connectivity index (χ2v) is 9.94. The molecule has 0 saturated carbocycles. The van der Waals surface area contributed by atoms with Crippen LogP contribution >= 0.6 is 11.6 Å². The van der Waals surface area contributed by atoms with Gasteiger partial charge >= 0.3 is 11.9 Å². The number of aliphatic hydroxyl groups is 1. The van der Waals surface area contributed by atoms with Crippen LogP contribution in [0.1, 0.15) is 21.7 Å². The van der Waals surface area contributed by atoms with E-state index in [0.717, 1.165) is 10.2 Å². The lowest BCUT2D eigenvalue weighted by Crippen LogP contribution is -2.37. The van der Waals surface area contributed by atoms with Crippen LogP contribution in [0.15, 0.2) is 77.9 Å². The molecule has 0 bridgehead atoms. The molecule has 2 aromatic heterocycles. The van der Waals surface area contributed by atoms with Crippen molar-refractivity contribution in [2.75, 3.05) is 5.32 Å². The highest BCUT2D eigenvalue weighted by atomic mass is 35.5. The van der Waals surface area contributed by atoms with Gasteiger partial charge in [0.1, 0.15) is 18.7 Å². The number of para-hydroxylation sites is 1. The van der Waals surface area contributed by atoms with E-state index in [-0.39, 0.29) is 35.0 Å². The molecule has 10 nitrogen and oxygen atoms in total. The average molecular weight is 616 g/mol. The largest absolute Gasteiger partial charge is 0.416 e. The van der Waals surface area contributed by atoms with E-state index in [0.29, 0.717) is 15.3 Å². The number of aryl methyl sites for hydroxylation is 1. The summed E-state index contributed by atoms with van der Waals surface area (Å²) in [6.07, 6.45) is -6.50. The van der Waals surface area contributed by atoms with E-state index in [1.54, 1.807) is 31.2 Å². The van der Waals surface area contributed by atoms with Crippen LogP contribution in [0.25, 0.3) is 17.1 Å². The van der Waals surface area contributed by atoms with Crippen LogP contribution in [0.2, 0.25) is 5.02 Å². The summed E-state index contributed by atoms with van der Waals surface area (Å²) in [5, 5.41) is 21.1. The molecule has 0 fully saturated rings. The highest BCUT2D eigenvalue weighted by Crippen LogP contribution is 2.24. The van der Waals surface area contributed by atoms with Gasteiger partial charge < -0.3 is 10.4 Å². The summed E-state index contributed by atoms with van der Waals surface area (Å²) >= 11 is 5.92. The number of alkyl halides is 3. The van der Waals surface area contributed by atoms with Crippen molar-refractivity contribution in [2.45, 2.75) is 32.3 Å². The lowest BCUT2D eigenvalue weighted by Gasteiger charge is -2.15. The van der Waals surface area contributed by atoms with Crippen molar-refractivity contribution in [3.63, 3.8) is 0 Å². The van der Waals surface area contributed by atoms with Gasteiger partial charge in [0.05, 0.1) is 23.5 Å². The van der Waals surface area contributed by atoms with E-state index < -0.39 is 36.2 Å². The SMILES string of the molecule is Cc1ccc(F)c(NC(=O)c2ccccc2-n2cnc(Cn3nc(-c4ccc(Cl)cc4)n(C[C@H](O)C(F)(F)F)c3=O)n2)c1. The number of benzene rings is 3. The maximum atomic E-state index is 14.2. The van der Waals surface area contributed by atoms with E-state index >= 15 is 0 Å². The number of carbonyl (C=O) groups excluding carboxylic acids is 1. The number of anilines is 1. The Bertz CT molecular complexity index is 1850. The molecule has 15 heteroatoms. The van der Waals surface area contributed by atoms with E-state index in [4.69, 9.17) is 11.6 Å². The Labute approximate surface area is 245 Å². The first-order valence-electron chi connectivity index (χ1n) is 12.7. The molecule has 0 radical (unpaired) electrons. The van der Waals surface area contributed by atoms with Gasteiger partial charge in [-0.1, -0.05) is 29.8 Å². The lowest BCUT2D eigenvalue weighted by molar-refractivity contribution is -0.207. The standard InChI is InChI=1S/C28H22ClF4N7O3/c1-16-6-11-20(30)21(12-16)35-26(42)19-4-2-3-5-22(19)40-15-34-24(36-40)14-39-27(43)38(13-23(41)28(31,32)33)25(37-39)17-7-9-18(29)10-8-17/h2-12,15,23,41H,13-14H2,1H3,(H,35,42)/t23-/m0/s1. The van der Waals surface area contributed by atoms with Crippen LogP contribution in [0.5, 0.6) is 0 Å². The average Bonchev–Trinajstić information content (AvgIpc) is 3.55. The zero-order valence-corrected chi connectivity index (χ0v) is 23.0. The minimum atomic E-state index is -4.97. The van der Waals surface area contributed by atoms with Gasteiger partial charge in [-0.2, -0.15) is 13.2 Å². The minimum Gasteiger partial charge on any atom is -0.382 e. The maximum absolute atomic E-state index is 14.2. The quantitative estimate of drug-likeness (QED) is 0.246. The van der Waals surface area contributed by atoms with Crippen molar-refractivity contribution in [1.29, 1.82) is 0 Å². The predicted octanol–water partition coefficient (Wildman–Crippen LogP) is 4.62. The number of aromatic nitrogens is 6. The van der Waals surface area contributed by atoms with Crippen LogP contribution in [0.4, 0.5) is 23.2 Å². The number of nitrogens with zero attached hydrogens (tertiary/aromatic N) is 6. The lowest BCUT2D eigenvalue weighted by atomic mass is 10.1. The summed E-state index contributed by atoms with van der Waals surface area (Å²) in [7, 11) is 0. The van der Waals surface area contributed by atoms with Crippen molar-refractivity contribution in [2.24, 2.45) is 0 Å². The summed E-state index contributed by atoms with van der Waals surface area (Å²) in [4.78, 5) is 30.4. The van der Waals surface area contributed by atoms with Crippen molar-refractivity contribution in [3.8, 4) is 17.1 Å². The number of nitrogens with one attached hydrogen (secondary N) is 1. The van der Waals surface area contributed by atoms with Gasteiger partial charge in [-0.25, -0.2) is 23.5 Å². The molecule has 0 unspecified atom stereocenters. The number of aliphatic hydroxyl groups excluding tert-OH is 1. The topological polar surface area (TPSA) is 120 Å². The normalized spacial score (nSPS) is 12.3. The second-order valence-electron chi connectivity index (χ2n) is 9.50. The van der Waals surface area contributed by atoms with Crippen LogP contribution in [-0.4, -0.2) is 52.4 Å². The number of carbonyl (C=O) groups is 1. The molecule has 2 N–H and O–H groups in total. The van der Waals surface area contributed by atoms with Crippen molar-refractivity contribution in [3.05, 3.63) is 111 Å². The third-order valence-corrected chi connectivity index (χ3v) is 6.61. The Morgan fingerprint density at radius 3 is 2.51 bits per heavy atom. The fourth-order valence-corrected chi connectivity index (χ4v) is 4.33. The summed E-state index contributed by atoms with van der Waals surface area (Å²) in [5.74, 6) is -1.30. The zero-order chi connectivity index (χ0) is 30.9. The number of hydrogen-bond acceptors (Lipinski definition) is 6. The molecule has 0 aliphatic carbocycles. The first-order valence-corrected chi connectivity index (χ1v) is 13.0. The number of amides is 1. The molecule has 0 spiro atoms. The molecular weight excluding hydrogens is 594 g/mol. The third kappa shape index (κ3) is 6.49. The molecule has 2 heterocycles. The molecule has 0 saturated heterocycles. The Balaban J connectivity index is 1.45. The summed E-state index contributed by atoms with van der Waals surface area (Å²) in [5.41, 5.74) is 0.534. The first-order chi connectivity index (χ1) is 20.4. The molecule has 0 aliphatic rings. The Morgan fingerprint density at radius 2 is 1.79 bits per heavy atom. The Kier molecular flexibility index (Phi) is 8.15. The molecule has 1 atom stereocenters. The third-order valence-electron chi connectivity index (χ3n) is 6.35. The van der Waals surface area contributed by atoms with Gasteiger partial charge in [0.15, 0.2) is 17.8 Å². The van der Waals surface area contributed by atoms with Crippen LogP contribution in [0.3, 0.4) is 0 Å². The van der Waals surface area contributed by atoms with Crippen molar-refractivity contribution < 1.29 is 27.5 Å². The second kappa shape index (κ2) is 11.8. The van der Waals surface area contributed by atoms with Crippen LogP contribution in [0, 0.1) is 12.7 Å². The number of rotatable bonds is 8. The summed E-state index contributed by atoms with van der Waals surface area (Å²) in [6, 6.07) is 16.6. The van der Waals surface area contributed by atoms with Gasteiger partial charge in [0.25, 0.3) is 5.91 Å². The molecule has 5 aromatic rings. The van der Waals surface area contributed by atoms with E-state index in [1.807, 2.05) is 0 Å². The molecule has 1 amide bonds. The zero-order valence-electron chi connectivity index (χ0n) is 22.3. The van der Waals surface area contributed by atoms with Crippen LogP contribution < -0.4 is 11.0 Å². The van der Waals surface area contributed by atoms with Gasteiger partial charge in [-0.3, -0.25) is 9.36 Å². The van der Waals surface area contributed by atoms with Crippen molar-refractivity contribution in [1.82, 2.24) is 29.1 Å². The van der Waals surface area contributed by atoms with E-state index in [9.17, 15) is 32.3 Å². The fraction of sp³-hybridized carbons (Fsp3) is 0.179. The van der Waals surface area contributed by atoms with Gasteiger partial charge in [0.2, 0.25) is 0 Å². The molecule has 5 rings (SSSR count). The van der Waals surface area contributed by atoms with E-state index in [1.165, 1.54) is 53.5 Å². The Morgan fingerprint density at radius 1 is 1.07 bits per heavy atom. The summed E-state index contributed by atoms with van der Waals surface area (Å²) < 4.78 is 56.5. The Hall–Kier alpha value is -4.82. The minimum absolute atomic E-state index is 0.00109. The van der Waals surface area contributed by atoms with E-state index in [2.05, 4.69) is 20.5 Å². The monoisotopic (exact) mass is 615 g/mol. The highest BCUT2D eigenvalue weighted by molar-refractivity contribution is 6.30. The smallest absolute Gasteiger partial charge is 0.382 e. The maximum Gasteiger partial charge on any atom is 0.416 e. The molecular formula is C28H22ClF4N7O3. The van der Waals surface area contributed by atoms with Gasteiger partial charge in [-0.05, 0) is 61.0 Å². The molecule has 3 aromatic carbocycles. The first kappa shape index (κ1) is 29.7. The number of halogens is 5. The van der Waals surface area contributed by atoms with Crippen molar-refractivity contribution >= 4 is 23.2 Å². The molecule has 0 aliphatic heterocycles. The van der Waals surface area contributed by atoms with Gasteiger partial charge in [-0.15, -0.1) is 10.2 Å².